The van der Waals surface area contributed by atoms with Gasteiger partial charge in [0.1, 0.15) is 11.6 Å². The lowest BCUT2D eigenvalue weighted by atomic mass is 10.00. The molecule has 1 saturated heterocycles. The van der Waals surface area contributed by atoms with Gasteiger partial charge in [-0.15, -0.1) is 0 Å². The van der Waals surface area contributed by atoms with E-state index < -0.39 is 17.4 Å². The molecule has 1 N–H and O–H groups in total. The molecule has 0 saturated carbocycles. The minimum absolute atomic E-state index is 0.0143. The summed E-state index contributed by atoms with van der Waals surface area (Å²) in [6.07, 6.45) is 1.81. The maximum Gasteiger partial charge on any atom is 0.266 e. The van der Waals surface area contributed by atoms with Gasteiger partial charge in [-0.3, -0.25) is 19.1 Å². The van der Waals surface area contributed by atoms with Crippen LogP contribution in [0, 0.1) is 24.1 Å². The Bertz CT molecular complexity index is 1590. The average Bonchev–Trinajstić information content (AvgIpc) is 3.30. The monoisotopic (exact) mass is 469 g/mol. The number of pyridine rings is 1. The number of methoxy groups -OCH3 is 1. The van der Waals surface area contributed by atoms with E-state index in [2.05, 4.69) is 16.4 Å². The summed E-state index contributed by atoms with van der Waals surface area (Å²) in [5, 5.41) is 12.9. The van der Waals surface area contributed by atoms with Gasteiger partial charge in [-0.05, 0) is 37.3 Å². The molecule has 0 bridgehead atoms. The normalized spacial score (nSPS) is 15.4. The van der Waals surface area contributed by atoms with Crippen LogP contribution >= 0.6 is 0 Å². The van der Waals surface area contributed by atoms with E-state index in [0.717, 1.165) is 5.69 Å². The standard InChI is InChI=1S/C26H20FN5O3/c1-14-3-4-16(12-29-14)19-7-15(11-28)8-20-24(19)31-25(22-10-18(33)13-30-22)32(26(20)34)17-5-6-23(35-2)21(27)9-17/h3-9,12,22,30H,10,13H2,1-2H3/t22-/m0/s1. The lowest BCUT2D eigenvalue weighted by Gasteiger charge is -2.19. The number of nitrogens with zero attached hydrogens (tertiary/aromatic N) is 4. The number of aromatic nitrogens is 3. The first-order chi connectivity index (χ1) is 16.9. The molecule has 3 heterocycles. The Labute approximate surface area is 199 Å². The number of fused-ring (bicyclic) bond motifs is 1. The van der Waals surface area contributed by atoms with Crippen LogP contribution in [0.2, 0.25) is 0 Å². The summed E-state index contributed by atoms with van der Waals surface area (Å²) in [6.45, 7) is 2.01. The van der Waals surface area contributed by atoms with E-state index in [1.54, 1.807) is 18.3 Å². The highest BCUT2D eigenvalue weighted by Crippen LogP contribution is 2.31. The maximum absolute atomic E-state index is 14.6. The number of nitrogens with one attached hydrogen (secondary N) is 1. The molecule has 2 aromatic heterocycles. The van der Waals surface area contributed by atoms with E-state index in [-0.39, 0.29) is 47.0 Å². The van der Waals surface area contributed by atoms with Crippen molar-refractivity contribution in [2.45, 2.75) is 19.4 Å². The molecule has 0 amide bonds. The van der Waals surface area contributed by atoms with Gasteiger partial charge in [-0.2, -0.15) is 5.26 Å². The van der Waals surface area contributed by atoms with Crippen LogP contribution in [0.3, 0.4) is 0 Å². The first-order valence-electron chi connectivity index (χ1n) is 10.9. The fourth-order valence-corrected chi connectivity index (χ4v) is 4.29. The summed E-state index contributed by atoms with van der Waals surface area (Å²) in [6, 6.07) is 12.5. The van der Waals surface area contributed by atoms with Crippen molar-refractivity contribution in [2.75, 3.05) is 13.7 Å². The lowest BCUT2D eigenvalue weighted by Crippen LogP contribution is -2.29. The molecule has 1 aliphatic heterocycles. The number of aryl methyl sites for hydroxylation is 1. The zero-order valence-electron chi connectivity index (χ0n) is 19.0. The minimum atomic E-state index is -0.643. The van der Waals surface area contributed by atoms with Crippen molar-refractivity contribution in [1.82, 2.24) is 19.9 Å². The molecule has 5 rings (SSSR count). The number of rotatable bonds is 4. The number of halogens is 1. The Morgan fingerprint density at radius 2 is 2.03 bits per heavy atom. The maximum atomic E-state index is 14.6. The largest absolute Gasteiger partial charge is 0.494 e. The highest BCUT2D eigenvalue weighted by molar-refractivity contribution is 5.94. The summed E-state index contributed by atoms with van der Waals surface area (Å²) < 4.78 is 20.9. The highest BCUT2D eigenvalue weighted by Gasteiger charge is 2.29. The Balaban J connectivity index is 1.86. The molecular formula is C26H20FN5O3. The van der Waals surface area contributed by atoms with Crippen LogP contribution in [0.25, 0.3) is 27.7 Å². The van der Waals surface area contributed by atoms with Gasteiger partial charge in [0.25, 0.3) is 5.56 Å². The number of benzene rings is 2. The molecule has 4 aromatic rings. The van der Waals surface area contributed by atoms with Crippen molar-refractivity contribution < 1.29 is 13.9 Å². The lowest BCUT2D eigenvalue weighted by molar-refractivity contribution is -0.116. The Morgan fingerprint density at radius 3 is 2.66 bits per heavy atom. The Kier molecular flexibility index (Phi) is 5.59. The molecule has 1 fully saturated rings. The average molecular weight is 469 g/mol. The fourth-order valence-electron chi connectivity index (χ4n) is 4.29. The number of hydrogen-bond acceptors (Lipinski definition) is 7. The highest BCUT2D eigenvalue weighted by atomic mass is 19.1. The number of carbonyl (C=O) groups excluding carboxylic acids is 1. The smallest absolute Gasteiger partial charge is 0.266 e. The zero-order chi connectivity index (χ0) is 24.7. The van der Waals surface area contributed by atoms with Gasteiger partial charge in [-0.25, -0.2) is 9.37 Å². The predicted molar refractivity (Wildman–Crippen MR) is 127 cm³/mol. The Morgan fingerprint density at radius 1 is 1.20 bits per heavy atom. The molecule has 0 unspecified atom stereocenters. The SMILES string of the molecule is COc1ccc(-n2c([C@@H]3CC(=O)CN3)nc3c(-c4ccc(C)nc4)cc(C#N)cc3c2=O)cc1F. The molecule has 9 heteroatoms. The van der Waals surface area contributed by atoms with Crippen molar-refractivity contribution in [2.24, 2.45) is 0 Å². The topological polar surface area (TPSA) is 110 Å². The molecule has 174 valence electrons. The number of hydrogen-bond donors (Lipinski definition) is 1. The molecule has 0 spiro atoms. The molecule has 0 aliphatic carbocycles. The third-order valence-electron chi connectivity index (χ3n) is 6.03. The van der Waals surface area contributed by atoms with Crippen LogP contribution in [-0.2, 0) is 4.79 Å². The third kappa shape index (κ3) is 3.94. The van der Waals surface area contributed by atoms with Gasteiger partial charge in [-0.1, -0.05) is 6.07 Å². The molecular weight excluding hydrogens is 449 g/mol. The van der Waals surface area contributed by atoms with Crippen LogP contribution in [0.5, 0.6) is 5.75 Å². The fraction of sp³-hybridized carbons (Fsp3) is 0.192. The summed E-state index contributed by atoms with van der Waals surface area (Å²) in [5.74, 6) is -0.341. The second kappa shape index (κ2) is 8.74. The van der Waals surface area contributed by atoms with Crippen LogP contribution in [0.4, 0.5) is 4.39 Å². The van der Waals surface area contributed by atoms with Crippen LogP contribution in [-0.4, -0.2) is 34.0 Å². The number of Topliss-reactive ketones (excluding diaryl/α,β-unsaturated/α-hetero) is 1. The van der Waals surface area contributed by atoms with E-state index in [9.17, 15) is 19.2 Å². The van der Waals surface area contributed by atoms with Crippen molar-refractivity contribution in [3.05, 3.63) is 81.9 Å². The summed E-state index contributed by atoms with van der Waals surface area (Å²) in [7, 11) is 1.35. The van der Waals surface area contributed by atoms with Gasteiger partial charge in [0.05, 0.1) is 47.9 Å². The molecule has 35 heavy (non-hydrogen) atoms. The summed E-state index contributed by atoms with van der Waals surface area (Å²) in [4.78, 5) is 35.1. The molecule has 1 atom stereocenters. The van der Waals surface area contributed by atoms with E-state index in [0.29, 0.717) is 16.6 Å². The first-order valence-corrected chi connectivity index (χ1v) is 10.9. The second-order valence-corrected chi connectivity index (χ2v) is 8.33. The van der Waals surface area contributed by atoms with Crippen molar-refractivity contribution >= 4 is 16.7 Å². The Hall–Kier alpha value is -4.42. The van der Waals surface area contributed by atoms with E-state index in [1.807, 2.05) is 19.1 Å². The van der Waals surface area contributed by atoms with E-state index in [1.165, 1.54) is 29.9 Å². The summed E-state index contributed by atoms with van der Waals surface area (Å²) >= 11 is 0. The van der Waals surface area contributed by atoms with Gasteiger partial charge in [0.2, 0.25) is 0 Å². The van der Waals surface area contributed by atoms with Gasteiger partial charge < -0.3 is 10.1 Å². The quantitative estimate of drug-likeness (QED) is 0.488. The van der Waals surface area contributed by atoms with Gasteiger partial charge >= 0.3 is 0 Å². The van der Waals surface area contributed by atoms with E-state index in [4.69, 9.17) is 9.72 Å². The van der Waals surface area contributed by atoms with Gasteiger partial charge in [0, 0.05) is 35.5 Å². The number of nitriles is 1. The predicted octanol–water partition coefficient (Wildman–Crippen LogP) is 3.38. The van der Waals surface area contributed by atoms with Crippen LogP contribution < -0.4 is 15.6 Å². The van der Waals surface area contributed by atoms with Crippen molar-refractivity contribution in [3.8, 4) is 28.6 Å². The molecule has 1 aliphatic rings. The zero-order valence-corrected chi connectivity index (χ0v) is 19.0. The summed E-state index contributed by atoms with van der Waals surface area (Å²) in [5.41, 5.74) is 2.50. The first kappa shape index (κ1) is 22.4. The minimum Gasteiger partial charge on any atom is -0.494 e. The van der Waals surface area contributed by atoms with Crippen molar-refractivity contribution in [1.29, 1.82) is 5.26 Å². The molecule has 0 radical (unpaired) electrons. The molecule has 8 nitrogen and oxygen atoms in total. The van der Waals surface area contributed by atoms with E-state index >= 15 is 0 Å². The van der Waals surface area contributed by atoms with Crippen molar-refractivity contribution in [3.63, 3.8) is 0 Å². The third-order valence-corrected chi connectivity index (χ3v) is 6.03. The number of carbonyl (C=O) groups is 1. The van der Waals surface area contributed by atoms with Crippen LogP contribution in [0.15, 0.2) is 53.5 Å². The number of ketones is 1. The number of ether oxygens (including phenoxy) is 1. The van der Waals surface area contributed by atoms with Crippen LogP contribution in [0.1, 0.15) is 29.5 Å². The molecule has 2 aromatic carbocycles. The van der Waals surface area contributed by atoms with Gasteiger partial charge in [0.15, 0.2) is 11.6 Å². The second-order valence-electron chi connectivity index (χ2n) is 8.33.